The molecule has 0 saturated carbocycles. The van der Waals surface area contributed by atoms with Crippen LogP contribution in [0.1, 0.15) is 30.3 Å². The molecule has 0 fully saturated rings. The molecule has 3 atom stereocenters. The largest absolute Gasteiger partial charge is 0.388 e. The smallest absolute Gasteiger partial charge is 0.0843 e. The van der Waals surface area contributed by atoms with Crippen molar-refractivity contribution in [2.75, 3.05) is 0 Å². The van der Waals surface area contributed by atoms with Crippen LogP contribution in [0.5, 0.6) is 0 Å². The first-order valence-electron chi connectivity index (χ1n) is 7.56. The van der Waals surface area contributed by atoms with Crippen molar-refractivity contribution in [1.29, 1.82) is 0 Å². The lowest BCUT2D eigenvalue weighted by Crippen LogP contribution is -2.17. The summed E-state index contributed by atoms with van der Waals surface area (Å²) in [5.74, 6) is -0.288. The van der Waals surface area contributed by atoms with Crippen LogP contribution in [0.4, 0.5) is 0 Å². The molecule has 0 amide bonds. The Kier molecular flexibility index (Phi) is 4.23. The van der Waals surface area contributed by atoms with Gasteiger partial charge in [0.1, 0.15) is 0 Å². The molecule has 112 valence electrons. The molecule has 2 N–H and O–H groups in total. The predicted octanol–water partition coefficient (Wildman–Crippen LogP) is 4.24. The van der Waals surface area contributed by atoms with Crippen LogP contribution in [-0.4, -0.2) is 10.2 Å². The van der Waals surface area contributed by atoms with Gasteiger partial charge >= 0.3 is 0 Å². The summed E-state index contributed by atoms with van der Waals surface area (Å²) in [5.41, 5.74) is 1.66. The first-order valence-corrected chi connectivity index (χ1v) is 7.56. The predicted molar refractivity (Wildman–Crippen MR) is 89.5 cm³/mol. The lowest BCUT2D eigenvalue weighted by Gasteiger charge is -2.25. The van der Waals surface area contributed by atoms with E-state index in [0.29, 0.717) is 0 Å². The highest BCUT2D eigenvalue weighted by molar-refractivity contribution is 5.83. The van der Waals surface area contributed by atoms with Crippen molar-refractivity contribution in [3.63, 3.8) is 0 Å². The summed E-state index contributed by atoms with van der Waals surface area (Å²) >= 11 is 0. The summed E-state index contributed by atoms with van der Waals surface area (Å²) in [5, 5.41) is 23.3. The molecule has 22 heavy (non-hydrogen) atoms. The van der Waals surface area contributed by atoms with Crippen LogP contribution >= 0.6 is 0 Å². The Bertz CT molecular complexity index is 752. The Morgan fingerprint density at radius 1 is 0.636 bits per heavy atom. The van der Waals surface area contributed by atoms with Crippen LogP contribution in [0.3, 0.4) is 0 Å². The van der Waals surface area contributed by atoms with Crippen LogP contribution in [-0.2, 0) is 0 Å². The van der Waals surface area contributed by atoms with Gasteiger partial charge in [-0.2, -0.15) is 0 Å². The topological polar surface area (TPSA) is 40.5 Å². The molecule has 0 bridgehead atoms. The number of hydrogen-bond donors (Lipinski definition) is 2. The second-order valence-electron chi connectivity index (χ2n) is 5.77. The van der Waals surface area contributed by atoms with Crippen molar-refractivity contribution >= 4 is 10.8 Å². The zero-order chi connectivity index (χ0) is 15.5. The molecule has 3 aromatic carbocycles. The Morgan fingerprint density at radius 2 is 1.23 bits per heavy atom. The lowest BCUT2D eigenvalue weighted by atomic mass is 9.88. The number of fused-ring (bicyclic) bond motifs is 1. The van der Waals surface area contributed by atoms with Crippen molar-refractivity contribution < 1.29 is 10.2 Å². The van der Waals surface area contributed by atoms with Gasteiger partial charge in [-0.25, -0.2) is 0 Å². The average Bonchev–Trinajstić information content (AvgIpc) is 2.60. The fourth-order valence-electron chi connectivity index (χ4n) is 2.82. The third-order valence-electron chi connectivity index (χ3n) is 4.25. The summed E-state index contributed by atoms with van der Waals surface area (Å²) in [6.07, 6.45) is -1.40. The first kappa shape index (κ1) is 14.8. The molecule has 3 aromatic rings. The Labute approximate surface area is 130 Å². The van der Waals surface area contributed by atoms with Gasteiger partial charge in [0.2, 0.25) is 0 Å². The van der Waals surface area contributed by atoms with Crippen LogP contribution < -0.4 is 0 Å². The number of hydrogen-bond acceptors (Lipinski definition) is 2. The molecule has 3 rings (SSSR count). The third kappa shape index (κ3) is 2.89. The van der Waals surface area contributed by atoms with E-state index in [9.17, 15) is 10.2 Å². The normalized spacial score (nSPS) is 15.4. The summed E-state index contributed by atoms with van der Waals surface area (Å²) in [6.45, 7) is 1.87. The van der Waals surface area contributed by atoms with E-state index < -0.39 is 12.2 Å². The molecule has 0 aliphatic carbocycles. The van der Waals surface area contributed by atoms with Crippen molar-refractivity contribution in [2.45, 2.75) is 19.1 Å². The summed E-state index contributed by atoms with van der Waals surface area (Å²) in [4.78, 5) is 0. The maximum absolute atomic E-state index is 10.6. The molecule has 2 heteroatoms. The molecule has 0 radical (unpaired) electrons. The van der Waals surface area contributed by atoms with Gasteiger partial charge < -0.3 is 10.2 Å². The molecule has 0 spiro atoms. The fourth-order valence-corrected chi connectivity index (χ4v) is 2.82. The van der Waals surface area contributed by atoms with E-state index >= 15 is 0 Å². The minimum atomic E-state index is -0.709. The second kappa shape index (κ2) is 6.30. The minimum Gasteiger partial charge on any atom is -0.388 e. The van der Waals surface area contributed by atoms with Gasteiger partial charge in [0.15, 0.2) is 0 Å². The number of aliphatic hydroxyl groups is 2. The van der Waals surface area contributed by atoms with Crippen LogP contribution in [0.25, 0.3) is 10.8 Å². The number of benzene rings is 3. The monoisotopic (exact) mass is 292 g/mol. The van der Waals surface area contributed by atoms with E-state index in [0.717, 1.165) is 21.9 Å². The van der Waals surface area contributed by atoms with Gasteiger partial charge in [0, 0.05) is 5.92 Å². The average molecular weight is 292 g/mol. The molecule has 0 heterocycles. The summed E-state index contributed by atoms with van der Waals surface area (Å²) < 4.78 is 0. The van der Waals surface area contributed by atoms with Gasteiger partial charge in [0.05, 0.1) is 12.2 Å². The molecule has 0 saturated heterocycles. The van der Waals surface area contributed by atoms with E-state index in [-0.39, 0.29) is 5.92 Å². The third-order valence-corrected chi connectivity index (χ3v) is 4.25. The summed E-state index contributed by atoms with van der Waals surface area (Å²) in [6, 6.07) is 23.5. The molecule has 0 aliphatic rings. The second-order valence-corrected chi connectivity index (χ2v) is 5.77. The van der Waals surface area contributed by atoms with Gasteiger partial charge in [-0.15, -0.1) is 0 Å². The van der Waals surface area contributed by atoms with E-state index in [1.165, 1.54) is 0 Å². The van der Waals surface area contributed by atoms with Crippen molar-refractivity contribution in [2.24, 2.45) is 5.92 Å². The van der Waals surface area contributed by atoms with Gasteiger partial charge in [-0.1, -0.05) is 73.7 Å². The molecule has 0 aromatic heterocycles. The number of rotatable bonds is 4. The maximum atomic E-state index is 10.6. The number of aliphatic hydroxyl groups excluding tert-OH is 2. The molecular weight excluding hydrogens is 272 g/mol. The highest BCUT2D eigenvalue weighted by Gasteiger charge is 2.25. The highest BCUT2D eigenvalue weighted by atomic mass is 16.3. The van der Waals surface area contributed by atoms with E-state index in [1.54, 1.807) is 0 Å². The standard InChI is InChI=1S/C20H20O2/c1-14(19(21)16-8-3-2-4-9-16)20(22)18-12-11-15-7-5-6-10-17(15)13-18/h2-14,19-22H,1H3/t14-,19-,20-/m0/s1. The van der Waals surface area contributed by atoms with Crippen LogP contribution in [0.2, 0.25) is 0 Å². The maximum Gasteiger partial charge on any atom is 0.0843 e. The minimum absolute atomic E-state index is 0.288. The Hall–Kier alpha value is -2.16. The SMILES string of the molecule is C[C@@H]([C@H](O)c1ccccc1)[C@H](O)c1ccc2ccccc2c1. The van der Waals surface area contributed by atoms with Crippen LogP contribution in [0.15, 0.2) is 72.8 Å². The molecule has 0 aliphatic heterocycles. The van der Waals surface area contributed by atoms with E-state index in [4.69, 9.17) is 0 Å². The zero-order valence-electron chi connectivity index (χ0n) is 12.6. The zero-order valence-corrected chi connectivity index (χ0v) is 12.6. The first-order chi connectivity index (χ1) is 10.7. The van der Waals surface area contributed by atoms with Crippen molar-refractivity contribution in [1.82, 2.24) is 0 Å². The van der Waals surface area contributed by atoms with Crippen LogP contribution in [0, 0.1) is 5.92 Å². The molecule has 2 nitrogen and oxygen atoms in total. The van der Waals surface area contributed by atoms with E-state index in [2.05, 4.69) is 0 Å². The lowest BCUT2D eigenvalue weighted by molar-refractivity contribution is 0.0199. The quantitative estimate of drug-likeness (QED) is 0.755. The van der Waals surface area contributed by atoms with Gasteiger partial charge in [-0.05, 0) is 28.0 Å². The fraction of sp³-hybridized carbons (Fsp3) is 0.200. The Balaban J connectivity index is 1.86. The summed E-state index contributed by atoms with van der Waals surface area (Å²) in [7, 11) is 0. The van der Waals surface area contributed by atoms with Crippen molar-refractivity contribution in [3.05, 3.63) is 83.9 Å². The highest BCUT2D eigenvalue weighted by Crippen LogP contribution is 2.33. The van der Waals surface area contributed by atoms with Gasteiger partial charge in [0.25, 0.3) is 0 Å². The Morgan fingerprint density at radius 3 is 1.95 bits per heavy atom. The van der Waals surface area contributed by atoms with Gasteiger partial charge in [-0.3, -0.25) is 0 Å². The van der Waals surface area contributed by atoms with E-state index in [1.807, 2.05) is 79.7 Å². The van der Waals surface area contributed by atoms with Crippen molar-refractivity contribution in [3.8, 4) is 0 Å². The molecule has 0 unspecified atom stereocenters. The molecular formula is C20H20O2.